The third-order valence-corrected chi connectivity index (χ3v) is 9.17. The van der Waals surface area contributed by atoms with Crippen LogP contribution in [-0.4, -0.2) is 66.5 Å². The number of nitriles is 1. The first-order valence-corrected chi connectivity index (χ1v) is 14.3. The topological polar surface area (TPSA) is 104 Å². The lowest BCUT2D eigenvalue weighted by molar-refractivity contribution is -0.164. The van der Waals surface area contributed by atoms with Gasteiger partial charge in [-0.2, -0.15) is 5.26 Å². The maximum absolute atomic E-state index is 13.2. The molecule has 2 aromatic rings. The molecule has 2 aliphatic carbocycles. The highest BCUT2D eigenvalue weighted by Crippen LogP contribution is 2.55. The van der Waals surface area contributed by atoms with E-state index in [0.29, 0.717) is 28.7 Å². The van der Waals surface area contributed by atoms with Crippen molar-refractivity contribution in [2.24, 2.45) is 10.8 Å². The fourth-order valence-electron chi connectivity index (χ4n) is 7.05. The minimum atomic E-state index is -0.323. The van der Waals surface area contributed by atoms with Crippen LogP contribution in [0.3, 0.4) is 0 Å². The lowest BCUT2D eigenvalue weighted by atomic mass is 9.49. The number of carbonyl (C=O) groups is 1. The zero-order valence-electron chi connectivity index (χ0n) is 24.1. The molecule has 0 radical (unpaired) electrons. The number of carbonyl (C=O) groups excluding carboxylic acids is 1. The standard InChI is InChI=1S/C32H41N3O5/c1-31(2)29(32(3,4)30(31)40-25-11-8-21(19-33)27(18-25)38-5)34-28(37)20-6-9-24(10-7-20)39-26-16-22(17-26)35-14-12-23(36)13-15-35/h6-11,18,22-23,26,29-30,36H,12-17H2,1-5H3,(H,34,37). The molecule has 0 spiro atoms. The second-order valence-electron chi connectivity index (χ2n) is 12.7. The number of ether oxygens (including phenoxy) is 3. The third kappa shape index (κ3) is 5.37. The van der Waals surface area contributed by atoms with Gasteiger partial charge < -0.3 is 24.6 Å². The monoisotopic (exact) mass is 547 g/mol. The molecule has 1 heterocycles. The Labute approximate surface area is 237 Å². The summed E-state index contributed by atoms with van der Waals surface area (Å²) in [5, 5.41) is 22.2. The van der Waals surface area contributed by atoms with Crippen LogP contribution in [0, 0.1) is 22.2 Å². The van der Waals surface area contributed by atoms with E-state index in [2.05, 4.69) is 44.0 Å². The SMILES string of the molecule is COc1cc(OC2C(C)(C)C(NC(=O)c3ccc(OC4CC(N5CCC(O)CC5)C4)cc3)C2(C)C)ccc1C#N. The van der Waals surface area contributed by atoms with Crippen molar-refractivity contribution in [1.82, 2.24) is 10.2 Å². The van der Waals surface area contributed by atoms with Gasteiger partial charge in [0.15, 0.2) is 0 Å². The summed E-state index contributed by atoms with van der Waals surface area (Å²) < 4.78 is 17.9. The van der Waals surface area contributed by atoms with Crippen molar-refractivity contribution in [3.8, 4) is 23.3 Å². The van der Waals surface area contributed by atoms with Crippen LogP contribution in [0.25, 0.3) is 0 Å². The van der Waals surface area contributed by atoms with Gasteiger partial charge in [0, 0.05) is 60.5 Å². The summed E-state index contributed by atoms with van der Waals surface area (Å²) in [6.07, 6.45) is 3.63. The summed E-state index contributed by atoms with van der Waals surface area (Å²) in [7, 11) is 1.54. The van der Waals surface area contributed by atoms with Gasteiger partial charge in [-0.1, -0.05) is 27.7 Å². The molecule has 0 unspecified atom stereocenters. The first-order valence-electron chi connectivity index (χ1n) is 14.3. The Kier molecular flexibility index (Phi) is 7.73. The molecule has 8 nitrogen and oxygen atoms in total. The van der Waals surface area contributed by atoms with Crippen LogP contribution in [-0.2, 0) is 0 Å². The van der Waals surface area contributed by atoms with Crippen molar-refractivity contribution >= 4 is 5.91 Å². The van der Waals surface area contributed by atoms with E-state index in [1.165, 1.54) is 7.11 Å². The number of hydrogen-bond donors (Lipinski definition) is 2. The number of aliphatic hydroxyl groups excluding tert-OH is 1. The maximum atomic E-state index is 13.2. The second-order valence-corrected chi connectivity index (χ2v) is 12.7. The smallest absolute Gasteiger partial charge is 0.251 e. The molecule has 214 valence electrons. The Morgan fingerprint density at radius 2 is 1.62 bits per heavy atom. The molecule has 0 atom stereocenters. The molecule has 8 heteroatoms. The first kappa shape index (κ1) is 28.3. The summed E-state index contributed by atoms with van der Waals surface area (Å²) in [6.45, 7) is 10.3. The Morgan fingerprint density at radius 1 is 1.00 bits per heavy atom. The number of hydrogen-bond acceptors (Lipinski definition) is 7. The lowest BCUT2D eigenvalue weighted by Crippen LogP contribution is -2.74. The van der Waals surface area contributed by atoms with Crippen molar-refractivity contribution < 1.29 is 24.1 Å². The normalized spacial score (nSPS) is 27.4. The Morgan fingerprint density at radius 3 is 2.23 bits per heavy atom. The zero-order chi connectivity index (χ0) is 28.7. The van der Waals surface area contributed by atoms with Crippen LogP contribution >= 0.6 is 0 Å². The molecule has 3 aliphatic rings. The van der Waals surface area contributed by atoms with Gasteiger partial charge in [0.2, 0.25) is 0 Å². The fourth-order valence-corrected chi connectivity index (χ4v) is 7.05. The minimum absolute atomic E-state index is 0.100. The molecule has 2 aromatic carbocycles. The van der Waals surface area contributed by atoms with Gasteiger partial charge in [0.1, 0.15) is 35.5 Å². The van der Waals surface area contributed by atoms with Gasteiger partial charge in [-0.25, -0.2) is 0 Å². The molecule has 3 fully saturated rings. The van der Waals surface area contributed by atoms with Crippen molar-refractivity contribution in [3.63, 3.8) is 0 Å². The van der Waals surface area contributed by atoms with Gasteiger partial charge in [-0.3, -0.25) is 9.69 Å². The molecule has 1 saturated heterocycles. The highest BCUT2D eigenvalue weighted by Gasteiger charge is 2.64. The molecule has 2 saturated carbocycles. The maximum Gasteiger partial charge on any atom is 0.251 e. The van der Waals surface area contributed by atoms with Gasteiger partial charge in [0.25, 0.3) is 5.91 Å². The largest absolute Gasteiger partial charge is 0.495 e. The molecular formula is C32H41N3O5. The Hall–Kier alpha value is -3.28. The van der Waals surface area contributed by atoms with Crippen LogP contribution in [0.1, 0.15) is 69.3 Å². The van der Waals surface area contributed by atoms with Gasteiger partial charge in [0.05, 0.1) is 18.8 Å². The third-order valence-electron chi connectivity index (χ3n) is 9.17. The number of benzene rings is 2. The molecular weight excluding hydrogens is 506 g/mol. The van der Waals surface area contributed by atoms with E-state index in [9.17, 15) is 15.2 Å². The van der Waals surface area contributed by atoms with Gasteiger partial charge in [-0.15, -0.1) is 0 Å². The highest BCUT2D eigenvalue weighted by atomic mass is 16.5. The number of rotatable bonds is 8. The summed E-state index contributed by atoms with van der Waals surface area (Å²) in [4.78, 5) is 15.7. The van der Waals surface area contributed by atoms with Crippen molar-refractivity contribution in [2.75, 3.05) is 20.2 Å². The summed E-state index contributed by atoms with van der Waals surface area (Å²) in [6, 6.07) is 15.2. The molecule has 2 N–H and O–H groups in total. The number of methoxy groups -OCH3 is 1. The molecule has 0 aromatic heterocycles. The average molecular weight is 548 g/mol. The Balaban J connectivity index is 1.14. The number of nitrogens with zero attached hydrogens (tertiary/aromatic N) is 2. The first-order chi connectivity index (χ1) is 19.0. The van der Waals surface area contributed by atoms with E-state index in [4.69, 9.17) is 14.2 Å². The molecule has 1 amide bonds. The van der Waals surface area contributed by atoms with Crippen LogP contribution in [0.4, 0.5) is 0 Å². The molecule has 40 heavy (non-hydrogen) atoms. The lowest BCUT2D eigenvalue weighted by Gasteiger charge is -2.63. The summed E-state index contributed by atoms with van der Waals surface area (Å²) in [5.74, 6) is 1.78. The average Bonchev–Trinajstić information content (AvgIpc) is 2.92. The molecule has 5 rings (SSSR count). The number of piperidine rings is 1. The van der Waals surface area contributed by atoms with Crippen molar-refractivity contribution in [3.05, 3.63) is 53.6 Å². The second kappa shape index (κ2) is 10.9. The predicted octanol–water partition coefficient (Wildman–Crippen LogP) is 4.55. The quantitative estimate of drug-likeness (QED) is 0.500. The number of aliphatic hydroxyl groups is 1. The summed E-state index contributed by atoms with van der Waals surface area (Å²) >= 11 is 0. The van der Waals surface area contributed by atoms with Crippen molar-refractivity contribution in [1.29, 1.82) is 5.26 Å². The molecule has 0 bridgehead atoms. The van der Waals surface area contributed by atoms with E-state index >= 15 is 0 Å². The van der Waals surface area contributed by atoms with Gasteiger partial charge in [-0.05, 0) is 49.2 Å². The van der Waals surface area contributed by atoms with Crippen LogP contribution in [0.5, 0.6) is 17.2 Å². The fraction of sp³-hybridized carbons (Fsp3) is 0.562. The number of likely N-dealkylation sites (tertiary alicyclic amines) is 1. The zero-order valence-corrected chi connectivity index (χ0v) is 24.1. The van der Waals surface area contributed by atoms with E-state index in [1.807, 2.05) is 24.3 Å². The van der Waals surface area contributed by atoms with E-state index in [-0.39, 0.29) is 41.1 Å². The van der Waals surface area contributed by atoms with E-state index in [1.54, 1.807) is 18.2 Å². The van der Waals surface area contributed by atoms with Crippen LogP contribution in [0.15, 0.2) is 42.5 Å². The minimum Gasteiger partial charge on any atom is -0.495 e. The molecule has 1 aliphatic heterocycles. The van der Waals surface area contributed by atoms with Gasteiger partial charge >= 0.3 is 0 Å². The number of amides is 1. The highest BCUT2D eigenvalue weighted by molar-refractivity contribution is 5.94. The predicted molar refractivity (Wildman–Crippen MR) is 152 cm³/mol. The van der Waals surface area contributed by atoms with Crippen LogP contribution in [0.2, 0.25) is 0 Å². The Bertz CT molecular complexity index is 1240. The van der Waals surface area contributed by atoms with E-state index < -0.39 is 0 Å². The number of nitrogens with one attached hydrogen (secondary N) is 1. The van der Waals surface area contributed by atoms with Crippen molar-refractivity contribution in [2.45, 2.75) is 83.8 Å². The summed E-state index contributed by atoms with van der Waals surface area (Å²) in [5.41, 5.74) is 0.408. The van der Waals surface area contributed by atoms with Crippen LogP contribution < -0.4 is 19.5 Å². The van der Waals surface area contributed by atoms with E-state index in [0.717, 1.165) is 44.5 Å².